The number of hydrogen-bond donors (Lipinski definition) is 0. The third-order valence-electron chi connectivity index (χ3n) is 5.30. The van der Waals surface area contributed by atoms with Gasteiger partial charge in [0.1, 0.15) is 11.9 Å². The van der Waals surface area contributed by atoms with Crippen molar-refractivity contribution < 1.29 is 14.3 Å². The fraction of sp³-hybridized carbons (Fsp3) is 0.867. The molecule has 0 N–H and O–H groups in total. The maximum absolute atomic E-state index is 12.0. The molecule has 2 saturated carbocycles. The zero-order valence-corrected chi connectivity index (χ0v) is 12.3. The van der Waals surface area contributed by atoms with Crippen LogP contribution in [0.2, 0.25) is 0 Å². The largest absolute Gasteiger partial charge is 0.461 e. The Labute approximate surface area is 109 Å². The van der Waals surface area contributed by atoms with Crippen molar-refractivity contribution >= 4 is 11.8 Å². The van der Waals surface area contributed by atoms with Crippen molar-refractivity contribution in [3.05, 3.63) is 0 Å². The van der Waals surface area contributed by atoms with Crippen LogP contribution in [0.15, 0.2) is 0 Å². The fourth-order valence-corrected chi connectivity index (χ4v) is 3.43. The number of ether oxygens (including phenoxy) is 1. The van der Waals surface area contributed by atoms with E-state index in [1.807, 2.05) is 20.8 Å². The van der Waals surface area contributed by atoms with Crippen LogP contribution in [0, 0.1) is 22.2 Å². The average Bonchev–Trinajstić information content (AvgIpc) is 2.46. The van der Waals surface area contributed by atoms with Gasteiger partial charge in [-0.05, 0) is 32.6 Å². The Bertz CT molecular complexity index is 402. The van der Waals surface area contributed by atoms with Gasteiger partial charge in [0.05, 0.1) is 5.41 Å². The van der Waals surface area contributed by atoms with Gasteiger partial charge in [0.2, 0.25) is 0 Å². The summed E-state index contributed by atoms with van der Waals surface area (Å²) in [6, 6.07) is 0. The fourth-order valence-electron chi connectivity index (χ4n) is 3.43. The van der Waals surface area contributed by atoms with Crippen LogP contribution in [0.4, 0.5) is 0 Å². The number of ketones is 1. The van der Waals surface area contributed by atoms with E-state index in [1.165, 1.54) is 0 Å². The molecule has 3 unspecified atom stereocenters. The van der Waals surface area contributed by atoms with Crippen LogP contribution >= 0.6 is 0 Å². The predicted molar refractivity (Wildman–Crippen MR) is 69.0 cm³/mol. The number of esters is 1. The molecule has 2 rings (SSSR count). The van der Waals surface area contributed by atoms with Crippen LogP contribution in [0.3, 0.4) is 0 Å². The van der Waals surface area contributed by atoms with Crippen molar-refractivity contribution in [2.24, 2.45) is 22.2 Å². The molecule has 3 atom stereocenters. The van der Waals surface area contributed by atoms with E-state index >= 15 is 0 Å². The Morgan fingerprint density at radius 2 is 1.83 bits per heavy atom. The summed E-state index contributed by atoms with van der Waals surface area (Å²) in [4.78, 5) is 24.0. The maximum atomic E-state index is 12.0. The smallest absolute Gasteiger partial charge is 0.311 e. The maximum Gasteiger partial charge on any atom is 0.311 e. The lowest BCUT2D eigenvalue weighted by molar-refractivity contribution is -0.167. The van der Waals surface area contributed by atoms with Gasteiger partial charge in [0.15, 0.2) is 0 Å². The van der Waals surface area contributed by atoms with Crippen molar-refractivity contribution in [2.45, 2.75) is 60.5 Å². The number of fused-ring (bicyclic) bond motifs is 2. The first-order valence-electron chi connectivity index (χ1n) is 6.74. The molecule has 0 radical (unpaired) electrons. The van der Waals surface area contributed by atoms with E-state index in [9.17, 15) is 9.59 Å². The first-order chi connectivity index (χ1) is 8.00. The highest BCUT2D eigenvalue weighted by Gasteiger charge is 2.66. The molecule has 0 amide bonds. The van der Waals surface area contributed by atoms with E-state index in [4.69, 9.17) is 4.74 Å². The van der Waals surface area contributed by atoms with Crippen molar-refractivity contribution in [1.29, 1.82) is 0 Å². The first-order valence-corrected chi connectivity index (χ1v) is 6.74. The summed E-state index contributed by atoms with van der Waals surface area (Å²) in [7, 11) is 0. The van der Waals surface area contributed by atoms with Gasteiger partial charge in [0, 0.05) is 17.8 Å². The van der Waals surface area contributed by atoms with E-state index in [2.05, 4.69) is 20.8 Å². The Hall–Kier alpha value is -0.860. The van der Waals surface area contributed by atoms with Gasteiger partial charge in [-0.15, -0.1) is 0 Å². The lowest BCUT2D eigenvalue weighted by Gasteiger charge is -2.38. The molecule has 102 valence electrons. The Balaban J connectivity index is 2.21. The molecule has 3 heteroatoms. The molecule has 3 nitrogen and oxygen atoms in total. The van der Waals surface area contributed by atoms with Crippen LogP contribution in [-0.2, 0) is 14.3 Å². The van der Waals surface area contributed by atoms with E-state index in [0.717, 1.165) is 0 Å². The summed E-state index contributed by atoms with van der Waals surface area (Å²) in [5, 5.41) is 0. The SMILES string of the molecule is CC(C)(C)C(=O)OC1CC2C(=O)CC1(C)C2(C)C. The molecule has 0 heterocycles. The third-order valence-corrected chi connectivity index (χ3v) is 5.30. The molecule has 2 bridgehead atoms. The minimum Gasteiger partial charge on any atom is -0.461 e. The van der Waals surface area contributed by atoms with Gasteiger partial charge in [-0.3, -0.25) is 9.59 Å². The summed E-state index contributed by atoms with van der Waals surface area (Å²) in [6.07, 6.45) is 1.14. The number of carbonyl (C=O) groups is 2. The first kappa shape index (κ1) is 13.6. The van der Waals surface area contributed by atoms with Gasteiger partial charge >= 0.3 is 5.97 Å². The molecule has 0 aromatic carbocycles. The molecule has 0 spiro atoms. The molecule has 2 aliphatic rings. The zero-order chi connectivity index (χ0) is 13.9. The highest BCUT2D eigenvalue weighted by molar-refractivity contribution is 5.87. The number of carbonyl (C=O) groups excluding carboxylic acids is 2. The van der Waals surface area contributed by atoms with E-state index in [1.54, 1.807) is 0 Å². The summed E-state index contributed by atoms with van der Waals surface area (Å²) in [5.74, 6) is 0.232. The van der Waals surface area contributed by atoms with Crippen LogP contribution in [0.5, 0.6) is 0 Å². The van der Waals surface area contributed by atoms with Crippen molar-refractivity contribution in [3.63, 3.8) is 0 Å². The number of hydrogen-bond acceptors (Lipinski definition) is 3. The van der Waals surface area contributed by atoms with E-state index in [0.29, 0.717) is 18.6 Å². The van der Waals surface area contributed by atoms with Crippen molar-refractivity contribution in [3.8, 4) is 0 Å². The second kappa shape index (κ2) is 3.58. The molecular weight excluding hydrogens is 228 g/mol. The van der Waals surface area contributed by atoms with Gasteiger partial charge in [-0.2, -0.15) is 0 Å². The Morgan fingerprint density at radius 3 is 2.17 bits per heavy atom. The summed E-state index contributed by atoms with van der Waals surface area (Å²) in [6.45, 7) is 11.9. The second-order valence-corrected chi connectivity index (χ2v) is 7.71. The lowest BCUT2D eigenvalue weighted by atomic mass is 9.70. The molecule has 0 aromatic rings. The minimum absolute atomic E-state index is 0.0558. The lowest BCUT2D eigenvalue weighted by Crippen LogP contribution is -2.40. The average molecular weight is 252 g/mol. The van der Waals surface area contributed by atoms with Crippen LogP contribution < -0.4 is 0 Å². The predicted octanol–water partition coefficient (Wildman–Crippen LogP) is 2.97. The number of rotatable bonds is 1. The van der Waals surface area contributed by atoms with Gasteiger partial charge in [0.25, 0.3) is 0 Å². The second-order valence-electron chi connectivity index (χ2n) is 7.71. The van der Waals surface area contributed by atoms with Crippen LogP contribution in [0.25, 0.3) is 0 Å². The highest BCUT2D eigenvalue weighted by Crippen LogP contribution is 2.64. The standard InChI is InChI=1S/C15H24O3/c1-13(2,3)12(17)18-11-7-9-10(16)8-15(11,6)14(9,4)5/h9,11H,7-8H2,1-6H3. The normalized spacial score (nSPS) is 38.0. The Morgan fingerprint density at radius 1 is 1.28 bits per heavy atom. The van der Waals surface area contributed by atoms with Gasteiger partial charge < -0.3 is 4.74 Å². The molecule has 0 aliphatic heterocycles. The topological polar surface area (TPSA) is 43.4 Å². The molecular formula is C15H24O3. The quantitative estimate of drug-likeness (QED) is 0.674. The zero-order valence-electron chi connectivity index (χ0n) is 12.3. The highest BCUT2D eigenvalue weighted by atomic mass is 16.5. The van der Waals surface area contributed by atoms with Crippen LogP contribution in [0.1, 0.15) is 54.4 Å². The molecule has 18 heavy (non-hydrogen) atoms. The summed E-state index contributed by atoms with van der Waals surface area (Å²) < 4.78 is 5.71. The van der Waals surface area contributed by atoms with E-state index < -0.39 is 5.41 Å². The van der Waals surface area contributed by atoms with Crippen LogP contribution in [-0.4, -0.2) is 17.9 Å². The molecule has 0 saturated heterocycles. The summed E-state index contributed by atoms with van der Waals surface area (Å²) in [5.41, 5.74) is -0.741. The van der Waals surface area contributed by atoms with Crippen molar-refractivity contribution in [2.75, 3.05) is 0 Å². The number of Topliss-reactive ketones (excluding diaryl/α,β-unsaturated/α-hetero) is 1. The van der Waals surface area contributed by atoms with Crippen molar-refractivity contribution in [1.82, 2.24) is 0 Å². The minimum atomic E-state index is -0.480. The third kappa shape index (κ3) is 1.63. The summed E-state index contributed by atoms with van der Waals surface area (Å²) >= 11 is 0. The Kier molecular flexibility index (Phi) is 2.70. The molecule has 2 fully saturated rings. The van der Waals surface area contributed by atoms with Gasteiger partial charge in [-0.1, -0.05) is 20.8 Å². The molecule has 0 aromatic heterocycles. The van der Waals surface area contributed by atoms with E-state index in [-0.39, 0.29) is 28.8 Å². The monoisotopic (exact) mass is 252 g/mol. The molecule has 2 aliphatic carbocycles. The van der Waals surface area contributed by atoms with Gasteiger partial charge in [-0.25, -0.2) is 0 Å².